The third kappa shape index (κ3) is 3.82. The molecule has 0 unspecified atom stereocenters. The van der Waals surface area contributed by atoms with Crippen molar-refractivity contribution in [1.82, 2.24) is 0 Å². The fourth-order valence-corrected chi connectivity index (χ4v) is 2.35. The molecular formula is C12H22O3. The van der Waals surface area contributed by atoms with E-state index < -0.39 is 6.10 Å². The topological polar surface area (TPSA) is 46.5 Å². The number of unbranched alkanes of at least 4 members (excludes halogenated alkanes) is 1. The van der Waals surface area contributed by atoms with Crippen LogP contribution in [-0.4, -0.2) is 23.3 Å². The van der Waals surface area contributed by atoms with Crippen LogP contribution in [0.2, 0.25) is 0 Å². The molecular weight excluding hydrogens is 192 g/mol. The molecule has 0 aromatic carbocycles. The monoisotopic (exact) mass is 214 g/mol. The summed E-state index contributed by atoms with van der Waals surface area (Å²) in [5.41, 5.74) is 0. The van der Waals surface area contributed by atoms with Crippen LogP contribution in [0.15, 0.2) is 0 Å². The standard InChI is InChI=1S/C12H22O3/c1-3-4-6-10-7-5-8-11(12(10)14)15-9(2)13/h10-12,14H,3-8H2,1-2H3/t10-,11-,12+/m0/s1. The average Bonchev–Trinajstić information content (AvgIpc) is 2.19. The largest absolute Gasteiger partial charge is 0.460 e. The molecule has 0 amide bonds. The number of hydrogen-bond acceptors (Lipinski definition) is 3. The third-order valence-corrected chi connectivity index (χ3v) is 3.17. The van der Waals surface area contributed by atoms with E-state index in [4.69, 9.17) is 4.74 Å². The zero-order valence-electron chi connectivity index (χ0n) is 9.74. The number of carbonyl (C=O) groups is 1. The van der Waals surface area contributed by atoms with Crippen LogP contribution in [0.4, 0.5) is 0 Å². The Morgan fingerprint density at radius 3 is 2.80 bits per heavy atom. The number of hydrogen-bond donors (Lipinski definition) is 1. The van der Waals surface area contributed by atoms with Gasteiger partial charge in [0.05, 0.1) is 6.10 Å². The van der Waals surface area contributed by atoms with Gasteiger partial charge < -0.3 is 9.84 Å². The van der Waals surface area contributed by atoms with Crippen LogP contribution < -0.4 is 0 Å². The van der Waals surface area contributed by atoms with E-state index in [1.54, 1.807) is 0 Å². The van der Waals surface area contributed by atoms with Crippen LogP contribution in [0.3, 0.4) is 0 Å². The molecule has 1 fully saturated rings. The van der Waals surface area contributed by atoms with Gasteiger partial charge in [-0.2, -0.15) is 0 Å². The molecule has 3 nitrogen and oxygen atoms in total. The summed E-state index contributed by atoms with van der Waals surface area (Å²) >= 11 is 0. The third-order valence-electron chi connectivity index (χ3n) is 3.17. The highest BCUT2D eigenvalue weighted by Gasteiger charge is 2.33. The zero-order chi connectivity index (χ0) is 11.3. The van der Waals surface area contributed by atoms with Gasteiger partial charge in [0.15, 0.2) is 0 Å². The molecule has 0 aliphatic heterocycles. The number of carbonyl (C=O) groups excluding carboxylic acids is 1. The van der Waals surface area contributed by atoms with Crippen molar-refractivity contribution < 1.29 is 14.6 Å². The highest BCUT2D eigenvalue weighted by molar-refractivity contribution is 5.66. The van der Waals surface area contributed by atoms with Gasteiger partial charge in [-0.15, -0.1) is 0 Å². The zero-order valence-corrected chi connectivity index (χ0v) is 9.74. The molecule has 0 heterocycles. The first kappa shape index (κ1) is 12.5. The Labute approximate surface area is 91.8 Å². The molecule has 0 bridgehead atoms. The van der Waals surface area contributed by atoms with Gasteiger partial charge in [-0.25, -0.2) is 0 Å². The molecule has 15 heavy (non-hydrogen) atoms. The first-order valence-corrected chi connectivity index (χ1v) is 6.00. The minimum atomic E-state index is -0.450. The maximum Gasteiger partial charge on any atom is 0.302 e. The molecule has 1 N–H and O–H groups in total. The van der Waals surface area contributed by atoms with E-state index in [0.717, 1.165) is 38.5 Å². The molecule has 88 valence electrons. The Balaban J connectivity index is 2.43. The number of esters is 1. The minimum absolute atomic E-state index is 0.266. The maximum absolute atomic E-state index is 10.8. The lowest BCUT2D eigenvalue weighted by Crippen LogP contribution is -2.40. The molecule has 1 saturated carbocycles. The summed E-state index contributed by atoms with van der Waals surface area (Å²) in [5, 5.41) is 10.0. The van der Waals surface area contributed by atoms with Crippen LogP contribution >= 0.6 is 0 Å². The summed E-state index contributed by atoms with van der Waals surface area (Å²) in [6, 6.07) is 0. The van der Waals surface area contributed by atoms with Crippen molar-refractivity contribution in [2.24, 2.45) is 5.92 Å². The lowest BCUT2D eigenvalue weighted by molar-refractivity contribution is -0.158. The molecule has 3 heteroatoms. The van der Waals surface area contributed by atoms with Crippen LogP contribution in [-0.2, 0) is 9.53 Å². The SMILES string of the molecule is CCCC[C@H]1CCC[C@H](OC(C)=O)[C@@H]1O. The summed E-state index contributed by atoms with van der Waals surface area (Å²) in [7, 11) is 0. The summed E-state index contributed by atoms with van der Waals surface area (Å²) in [6.07, 6.45) is 5.57. The predicted molar refractivity (Wildman–Crippen MR) is 58.4 cm³/mol. The lowest BCUT2D eigenvalue weighted by atomic mass is 9.81. The highest BCUT2D eigenvalue weighted by Crippen LogP contribution is 2.30. The average molecular weight is 214 g/mol. The van der Waals surface area contributed by atoms with Gasteiger partial charge in [0.2, 0.25) is 0 Å². The van der Waals surface area contributed by atoms with Crippen LogP contribution in [0.25, 0.3) is 0 Å². The fourth-order valence-electron chi connectivity index (χ4n) is 2.35. The Morgan fingerprint density at radius 2 is 2.20 bits per heavy atom. The van der Waals surface area contributed by atoms with Crippen LogP contribution in [0.5, 0.6) is 0 Å². The Bertz CT molecular complexity index is 203. The molecule has 0 spiro atoms. The number of rotatable bonds is 4. The first-order valence-electron chi connectivity index (χ1n) is 6.00. The van der Waals surface area contributed by atoms with E-state index in [9.17, 15) is 9.90 Å². The van der Waals surface area contributed by atoms with E-state index in [1.165, 1.54) is 6.92 Å². The molecule has 0 radical (unpaired) electrons. The summed E-state index contributed by atoms with van der Waals surface area (Å²) in [6.45, 7) is 3.56. The second-order valence-corrected chi connectivity index (χ2v) is 4.47. The molecule has 0 aromatic heterocycles. The lowest BCUT2D eigenvalue weighted by Gasteiger charge is -2.34. The fraction of sp³-hybridized carbons (Fsp3) is 0.917. The van der Waals surface area contributed by atoms with Crippen LogP contribution in [0.1, 0.15) is 52.4 Å². The van der Waals surface area contributed by atoms with Gasteiger partial charge in [-0.3, -0.25) is 4.79 Å². The molecule has 1 aliphatic carbocycles. The summed E-state index contributed by atoms with van der Waals surface area (Å²) in [5.74, 6) is 0.0400. The van der Waals surface area contributed by atoms with E-state index >= 15 is 0 Å². The van der Waals surface area contributed by atoms with Gasteiger partial charge >= 0.3 is 5.97 Å². The van der Waals surface area contributed by atoms with Crippen LogP contribution in [0, 0.1) is 5.92 Å². The molecule has 3 atom stereocenters. The Kier molecular flexibility index (Phi) is 5.09. The van der Waals surface area contributed by atoms with Crippen molar-refractivity contribution in [3.05, 3.63) is 0 Å². The Morgan fingerprint density at radius 1 is 1.47 bits per heavy atom. The number of aliphatic hydroxyl groups is 1. The second kappa shape index (κ2) is 6.11. The normalized spacial score (nSPS) is 31.3. The maximum atomic E-state index is 10.8. The molecule has 0 aromatic rings. The van der Waals surface area contributed by atoms with Gasteiger partial charge in [0.1, 0.15) is 6.10 Å². The summed E-state index contributed by atoms with van der Waals surface area (Å²) in [4.78, 5) is 10.8. The Hall–Kier alpha value is -0.570. The van der Waals surface area contributed by atoms with Crippen molar-refractivity contribution in [1.29, 1.82) is 0 Å². The number of aliphatic hydroxyl groups excluding tert-OH is 1. The van der Waals surface area contributed by atoms with Crippen molar-refractivity contribution >= 4 is 5.97 Å². The van der Waals surface area contributed by atoms with Gasteiger partial charge in [0.25, 0.3) is 0 Å². The highest BCUT2D eigenvalue weighted by atomic mass is 16.6. The van der Waals surface area contributed by atoms with E-state index in [2.05, 4.69) is 6.92 Å². The molecule has 1 aliphatic rings. The predicted octanol–water partition coefficient (Wildman–Crippen LogP) is 2.27. The van der Waals surface area contributed by atoms with E-state index in [0.29, 0.717) is 5.92 Å². The smallest absolute Gasteiger partial charge is 0.302 e. The van der Waals surface area contributed by atoms with Crippen molar-refractivity contribution in [2.45, 2.75) is 64.6 Å². The van der Waals surface area contributed by atoms with E-state index in [1.807, 2.05) is 0 Å². The summed E-state index contributed by atoms with van der Waals surface area (Å²) < 4.78 is 5.12. The van der Waals surface area contributed by atoms with E-state index in [-0.39, 0.29) is 12.1 Å². The first-order chi connectivity index (χ1) is 7.15. The van der Waals surface area contributed by atoms with Crippen molar-refractivity contribution in [3.63, 3.8) is 0 Å². The quantitative estimate of drug-likeness (QED) is 0.730. The van der Waals surface area contributed by atoms with Gasteiger partial charge in [0, 0.05) is 6.92 Å². The molecule has 1 rings (SSSR count). The van der Waals surface area contributed by atoms with Gasteiger partial charge in [-0.05, 0) is 31.6 Å². The van der Waals surface area contributed by atoms with Crippen molar-refractivity contribution in [2.75, 3.05) is 0 Å². The molecule has 0 saturated heterocycles. The number of ether oxygens (including phenoxy) is 1. The van der Waals surface area contributed by atoms with Crippen molar-refractivity contribution in [3.8, 4) is 0 Å². The van der Waals surface area contributed by atoms with Gasteiger partial charge in [-0.1, -0.05) is 19.8 Å². The second-order valence-electron chi connectivity index (χ2n) is 4.47. The minimum Gasteiger partial charge on any atom is -0.460 e.